The highest BCUT2D eigenvalue weighted by Gasteiger charge is 2.47. The van der Waals surface area contributed by atoms with Gasteiger partial charge in [-0.05, 0) is 42.0 Å². The summed E-state index contributed by atoms with van der Waals surface area (Å²) in [5, 5.41) is 48.0. The minimum Gasteiger partial charge on any atom is -0.622 e. The molecule has 0 radical (unpaired) electrons. The van der Waals surface area contributed by atoms with Gasteiger partial charge in [-0.2, -0.15) is 0 Å². The van der Waals surface area contributed by atoms with Crippen molar-refractivity contribution in [1.29, 1.82) is 0 Å². The number of hydrogen-bond donors (Lipinski definition) is 4. The molecule has 0 spiro atoms. The Labute approximate surface area is 244 Å². The number of anilines is 1. The molecule has 9 heteroatoms. The molecule has 0 fully saturated rings. The maximum Gasteiger partial charge on any atom is 0.305 e. The lowest BCUT2D eigenvalue weighted by Crippen LogP contribution is -2.42. The Morgan fingerprint density at radius 1 is 0.881 bits per heavy atom. The number of carboxylic acids is 1. The van der Waals surface area contributed by atoms with E-state index in [2.05, 4.69) is 5.32 Å². The minimum absolute atomic E-state index is 0.0866. The first-order valence-electron chi connectivity index (χ1n) is 13.9. The lowest BCUT2D eigenvalue weighted by Gasteiger charge is -2.44. The Balaban J connectivity index is 1.89. The lowest BCUT2D eigenvalue weighted by atomic mass is 9.92. The average molecular weight is 575 g/mol. The van der Waals surface area contributed by atoms with Crippen molar-refractivity contribution in [2.24, 2.45) is 5.92 Å². The van der Waals surface area contributed by atoms with Gasteiger partial charge in [0.2, 0.25) is 0 Å². The van der Waals surface area contributed by atoms with Crippen molar-refractivity contribution < 1.29 is 33.9 Å². The van der Waals surface area contributed by atoms with E-state index in [-0.39, 0.29) is 36.4 Å². The van der Waals surface area contributed by atoms with Crippen molar-refractivity contribution in [2.75, 3.05) is 11.9 Å². The van der Waals surface area contributed by atoms with E-state index in [4.69, 9.17) is 5.11 Å². The molecule has 0 aromatic heterocycles. The molecule has 0 saturated carbocycles. The number of carbonyl (C=O) groups excluding carboxylic acids is 1. The van der Waals surface area contributed by atoms with Crippen molar-refractivity contribution in [3.8, 4) is 0 Å². The summed E-state index contributed by atoms with van der Waals surface area (Å²) in [5.41, 5.74) is 2.73. The molecule has 1 aliphatic rings. The molecule has 4 N–H and O–H groups in total. The number of quaternary nitrogens is 1. The fourth-order valence-electron chi connectivity index (χ4n) is 5.51. The van der Waals surface area contributed by atoms with Crippen molar-refractivity contribution >= 4 is 28.8 Å². The molecule has 3 aromatic rings. The van der Waals surface area contributed by atoms with Crippen LogP contribution in [0.5, 0.6) is 0 Å². The van der Waals surface area contributed by atoms with Gasteiger partial charge in [0.1, 0.15) is 17.1 Å². The second-order valence-corrected chi connectivity index (χ2v) is 10.7. The lowest BCUT2D eigenvalue weighted by molar-refractivity contribution is -0.770. The monoisotopic (exact) mass is 574 g/mol. The van der Waals surface area contributed by atoms with E-state index in [9.17, 15) is 24.2 Å². The summed E-state index contributed by atoms with van der Waals surface area (Å²) in [5.74, 6) is -2.57. The highest BCUT2D eigenvalue weighted by atomic mass is 19.1. The number of rotatable bonds is 12. The van der Waals surface area contributed by atoms with Crippen LogP contribution in [0.15, 0.2) is 96.2 Å². The van der Waals surface area contributed by atoms with Crippen LogP contribution in [-0.2, 0) is 9.59 Å². The van der Waals surface area contributed by atoms with Gasteiger partial charge in [-0.1, -0.05) is 62.4 Å². The molecule has 3 aromatic carbocycles. The molecule has 8 nitrogen and oxygen atoms in total. The molecule has 0 aliphatic carbocycles. The summed E-state index contributed by atoms with van der Waals surface area (Å²) < 4.78 is 12.9. The number of carbonyl (C=O) groups is 2. The van der Waals surface area contributed by atoms with Crippen LogP contribution < -0.4 is 5.32 Å². The maximum absolute atomic E-state index is 15.3. The molecular formula is C33H35FN2O6. The zero-order chi connectivity index (χ0) is 30.4. The predicted molar refractivity (Wildman–Crippen MR) is 159 cm³/mol. The molecule has 1 heterocycles. The number of amides is 1. The van der Waals surface area contributed by atoms with E-state index in [1.165, 1.54) is 24.3 Å². The number of hydrogen-bond acceptors (Lipinski definition) is 5. The van der Waals surface area contributed by atoms with Crippen LogP contribution in [0.4, 0.5) is 10.1 Å². The first-order chi connectivity index (χ1) is 20.0. The van der Waals surface area contributed by atoms with Gasteiger partial charge in [-0.15, -0.1) is 0 Å². The number of aliphatic carboxylic acids is 1. The van der Waals surface area contributed by atoms with E-state index in [1.807, 2.05) is 26.0 Å². The molecule has 4 rings (SSSR count). The fraction of sp³-hybridized carbons (Fsp3) is 0.273. The van der Waals surface area contributed by atoms with Gasteiger partial charge in [-0.25, -0.2) is 4.39 Å². The number of carboxylic acid groups (broad SMARTS) is 1. The number of nitrogens with zero attached hydrogens (tertiary/aromatic N) is 1. The Hall–Kier alpha value is -4.15. The van der Waals surface area contributed by atoms with E-state index in [0.29, 0.717) is 22.4 Å². The largest absolute Gasteiger partial charge is 0.622 e. The molecule has 42 heavy (non-hydrogen) atoms. The Morgan fingerprint density at radius 3 is 2.05 bits per heavy atom. The van der Waals surface area contributed by atoms with Gasteiger partial charge in [0.15, 0.2) is 5.70 Å². The van der Waals surface area contributed by atoms with Crippen LogP contribution in [0.3, 0.4) is 0 Å². The molecule has 3 atom stereocenters. The number of nitrogens with one attached hydrogen (secondary N) is 1. The summed E-state index contributed by atoms with van der Waals surface area (Å²) in [6.45, 7) is 3.43. The Kier molecular flexibility index (Phi) is 9.70. The van der Waals surface area contributed by atoms with Crippen LogP contribution in [0, 0.1) is 16.9 Å². The predicted octanol–water partition coefficient (Wildman–Crippen LogP) is 5.55. The van der Waals surface area contributed by atoms with E-state index in [1.54, 1.807) is 48.5 Å². The van der Waals surface area contributed by atoms with Gasteiger partial charge in [0.05, 0.1) is 30.7 Å². The van der Waals surface area contributed by atoms with Crippen LogP contribution in [0.2, 0.25) is 0 Å². The second kappa shape index (κ2) is 13.2. The topological polar surface area (TPSA) is 130 Å². The smallest absolute Gasteiger partial charge is 0.305 e. The molecule has 0 saturated heterocycles. The van der Waals surface area contributed by atoms with Crippen molar-refractivity contribution in [3.63, 3.8) is 0 Å². The SMILES string of the molecule is CC(C)C1=C(C(=O)Nc2ccccc2)C(c2ccccc2)=C(c2ccc(F)cc2)[N+]1([O-])CC[C@@H](O)C[C@@H](O)CC(=O)O. The van der Waals surface area contributed by atoms with Crippen LogP contribution in [-0.4, -0.2) is 50.6 Å². The van der Waals surface area contributed by atoms with Gasteiger partial charge in [-0.3, -0.25) is 14.2 Å². The molecule has 1 aliphatic heterocycles. The van der Waals surface area contributed by atoms with Crippen LogP contribution in [0.1, 0.15) is 44.2 Å². The zero-order valence-electron chi connectivity index (χ0n) is 23.5. The van der Waals surface area contributed by atoms with E-state index < -0.39 is 46.9 Å². The first-order valence-corrected chi connectivity index (χ1v) is 13.9. The molecular weight excluding hydrogens is 539 g/mol. The van der Waals surface area contributed by atoms with Crippen molar-refractivity contribution in [3.05, 3.63) is 118 Å². The number of hydroxylamine groups is 3. The fourth-order valence-corrected chi connectivity index (χ4v) is 5.51. The van der Waals surface area contributed by atoms with E-state index >= 15 is 5.21 Å². The van der Waals surface area contributed by atoms with Gasteiger partial charge < -0.3 is 25.8 Å². The summed E-state index contributed by atoms with van der Waals surface area (Å²) in [4.78, 5) is 25.0. The number of halogens is 1. The number of aliphatic hydroxyl groups excluding tert-OH is 2. The molecule has 0 bridgehead atoms. The number of para-hydroxylation sites is 1. The highest BCUT2D eigenvalue weighted by Crippen LogP contribution is 2.51. The summed E-state index contributed by atoms with van der Waals surface area (Å²) >= 11 is 0. The third-order valence-electron chi connectivity index (χ3n) is 7.21. The summed E-state index contributed by atoms with van der Waals surface area (Å²) in [7, 11) is 0. The molecule has 1 unspecified atom stereocenters. The van der Waals surface area contributed by atoms with Gasteiger partial charge in [0.25, 0.3) is 5.91 Å². The van der Waals surface area contributed by atoms with Crippen LogP contribution in [0.25, 0.3) is 11.3 Å². The minimum atomic E-state index is -1.28. The summed E-state index contributed by atoms with van der Waals surface area (Å²) in [6, 6.07) is 23.4. The average Bonchev–Trinajstić information content (AvgIpc) is 3.22. The second-order valence-electron chi connectivity index (χ2n) is 10.7. The van der Waals surface area contributed by atoms with Crippen molar-refractivity contribution in [2.45, 2.75) is 45.3 Å². The highest BCUT2D eigenvalue weighted by molar-refractivity contribution is 6.20. The third kappa shape index (κ3) is 6.83. The number of benzene rings is 3. The molecule has 1 amide bonds. The quantitative estimate of drug-likeness (QED) is 0.166. The van der Waals surface area contributed by atoms with E-state index in [0.717, 1.165) is 0 Å². The normalized spacial score (nSPS) is 18.4. The first kappa shape index (κ1) is 30.8. The summed E-state index contributed by atoms with van der Waals surface area (Å²) in [6.07, 6.45) is -3.30. The Morgan fingerprint density at radius 2 is 1.48 bits per heavy atom. The van der Waals surface area contributed by atoms with Gasteiger partial charge >= 0.3 is 5.97 Å². The maximum atomic E-state index is 15.3. The Bertz CT molecular complexity index is 1470. The standard InChI is InChI=1S/C33H35FN2O6/c1-21(2)31-30(33(41)35-25-11-7-4-8-12-25)29(22-9-5-3-6-10-22)32(23-13-15-24(34)16-14-23)36(31,42)18-17-26(37)19-27(38)20-28(39)40/h3-16,21,26-27,37-38H,17-20H2,1-2H3,(H,35,41)(H,39,40)/t26-,27-,36?/m1/s1. The molecule has 220 valence electrons. The number of aliphatic hydroxyl groups is 2. The van der Waals surface area contributed by atoms with Crippen molar-refractivity contribution in [1.82, 2.24) is 0 Å². The number of allylic oxidation sites excluding steroid dienone is 1. The van der Waals surface area contributed by atoms with Gasteiger partial charge in [0, 0.05) is 30.0 Å². The van der Waals surface area contributed by atoms with Crippen LogP contribution >= 0.6 is 0 Å². The third-order valence-corrected chi connectivity index (χ3v) is 7.21. The zero-order valence-corrected chi connectivity index (χ0v) is 23.5.